The Bertz CT molecular complexity index is 743. The van der Waals surface area contributed by atoms with Crippen LogP contribution in [0.25, 0.3) is 11.0 Å². The summed E-state index contributed by atoms with van der Waals surface area (Å²) in [6, 6.07) is 3.93. The fraction of sp³-hybridized carbons (Fsp3) is 0.438. The average Bonchev–Trinajstić information content (AvgIpc) is 3.10. The maximum absolute atomic E-state index is 5.46. The van der Waals surface area contributed by atoms with Crippen LogP contribution in [0.3, 0.4) is 0 Å². The fourth-order valence-corrected chi connectivity index (χ4v) is 3.23. The number of nitrogens with one attached hydrogen (secondary N) is 1. The van der Waals surface area contributed by atoms with Gasteiger partial charge in [0.15, 0.2) is 16.3 Å². The van der Waals surface area contributed by atoms with Crippen molar-refractivity contribution < 1.29 is 9.47 Å². The number of rotatable bonds is 5. The first-order chi connectivity index (χ1) is 10.2. The van der Waals surface area contributed by atoms with Gasteiger partial charge in [0.05, 0.1) is 25.3 Å². The highest BCUT2D eigenvalue weighted by Gasteiger charge is 2.12. The lowest BCUT2D eigenvalue weighted by atomic mass is 10.1. The number of imidazole rings is 1. The topological polar surface area (TPSA) is 39.2 Å². The summed E-state index contributed by atoms with van der Waals surface area (Å²) in [5.74, 6) is 1.44. The van der Waals surface area contributed by atoms with Gasteiger partial charge >= 0.3 is 0 Å². The Balaban J connectivity index is 1.97. The van der Waals surface area contributed by atoms with Crippen LogP contribution < -0.4 is 9.47 Å². The molecule has 112 valence electrons. The zero-order valence-corrected chi connectivity index (χ0v) is 13.3. The molecule has 0 unspecified atom stereocenters. The summed E-state index contributed by atoms with van der Waals surface area (Å²) in [6.07, 6.45) is 7.17. The van der Waals surface area contributed by atoms with Crippen molar-refractivity contribution in [3.8, 4) is 11.5 Å². The standard InChI is InChI=1S/C16H20N2O2S/c1-19-14-9-12-13(10-15(14)20-2)18(16(21)17-12)8-7-11-5-3-4-6-11/h5,9-10H,3-4,6-8H2,1-2H3,(H,17,21). The molecule has 3 rings (SSSR count). The Kier molecular flexibility index (Phi) is 4.01. The largest absolute Gasteiger partial charge is 0.493 e. The van der Waals surface area contributed by atoms with E-state index in [1.54, 1.807) is 19.8 Å². The van der Waals surface area contributed by atoms with Crippen LogP contribution in [-0.2, 0) is 6.54 Å². The van der Waals surface area contributed by atoms with E-state index in [4.69, 9.17) is 21.7 Å². The lowest BCUT2D eigenvalue weighted by Gasteiger charge is -2.09. The number of allylic oxidation sites excluding steroid dienone is 2. The van der Waals surface area contributed by atoms with Crippen LogP contribution in [-0.4, -0.2) is 23.8 Å². The molecule has 1 aliphatic carbocycles. The monoisotopic (exact) mass is 304 g/mol. The summed E-state index contributed by atoms with van der Waals surface area (Å²) < 4.78 is 13.6. The van der Waals surface area contributed by atoms with E-state index in [0.717, 1.165) is 34.5 Å². The van der Waals surface area contributed by atoms with Gasteiger partial charge in [0.1, 0.15) is 0 Å². The minimum atomic E-state index is 0.715. The number of hydrogen-bond donors (Lipinski definition) is 1. The Morgan fingerprint density at radius 1 is 1.24 bits per heavy atom. The summed E-state index contributed by atoms with van der Waals surface area (Å²) in [5.41, 5.74) is 3.60. The van der Waals surface area contributed by atoms with Gasteiger partial charge in [-0.15, -0.1) is 0 Å². The number of hydrogen-bond acceptors (Lipinski definition) is 3. The van der Waals surface area contributed by atoms with Crippen LogP contribution in [0.1, 0.15) is 25.7 Å². The highest BCUT2D eigenvalue weighted by molar-refractivity contribution is 7.71. The van der Waals surface area contributed by atoms with Gasteiger partial charge in [0.25, 0.3) is 0 Å². The normalized spacial score (nSPS) is 14.5. The lowest BCUT2D eigenvalue weighted by molar-refractivity contribution is 0.355. The van der Waals surface area contributed by atoms with E-state index in [9.17, 15) is 0 Å². The number of aromatic amines is 1. The van der Waals surface area contributed by atoms with Gasteiger partial charge in [0.2, 0.25) is 0 Å². The molecular weight excluding hydrogens is 284 g/mol. The molecule has 2 aromatic rings. The third-order valence-corrected chi connectivity index (χ3v) is 4.39. The molecule has 1 aliphatic rings. The maximum atomic E-state index is 5.46. The molecule has 0 aliphatic heterocycles. The molecule has 1 aromatic carbocycles. The summed E-state index contributed by atoms with van der Waals surface area (Å²) in [7, 11) is 3.29. The van der Waals surface area contributed by atoms with Gasteiger partial charge in [0, 0.05) is 18.7 Å². The molecule has 4 nitrogen and oxygen atoms in total. The van der Waals surface area contributed by atoms with Crippen LogP contribution in [0.5, 0.6) is 11.5 Å². The van der Waals surface area contributed by atoms with Gasteiger partial charge in [-0.3, -0.25) is 0 Å². The number of nitrogens with zero attached hydrogens (tertiary/aromatic N) is 1. The molecule has 1 N–H and O–H groups in total. The first-order valence-corrected chi connectivity index (χ1v) is 7.66. The SMILES string of the molecule is COc1cc2[nH]c(=S)n(CCC3=CCCC3)c2cc1OC. The van der Waals surface area contributed by atoms with E-state index in [0.29, 0.717) is 5.75 Å². The maximum Gasteiger partial charge on any atom is 0.178 e. The molecule has 21 heavy (non-hydrogen) atoms. The second kappa shape index (κ2) is 5.93. The minimum Gasteiger partial charge on any atom is -0.493 e. The number of fused-ring (bicyclic) bond motifs is 1. The van der Waals surface area contributed by atoms with Crippen molar-refractivity contribution in [2.45, 2.75) is 32.2 Å². The van der Waals surface area contributed by atoms with Gasteiger partial charge in [-0.2, -0.15) is 0 Å². The highest BCUT2D eigenvalue weighted by atomic mass is 32.1. The second-order valence-corrected chi connectivity index (χ2v) is 5.70. The Morgan fingerprint density at radius 2 is 2.00 bits per heavy atom. The van der Waals surface area contributed by atoms with E-state index in [-0.39, 0.29) is 0 Å². The minimum absolute atomic E-state index is 0.715. The van der Waals surface area contributed by atoms with E-state index < -0.39 is 0 Å². The number of aryl methyl sites for hydroxylation is 1. The number of aromatic nitrogens is 2. The summed E-state index contributed by atoms with van der Waals surface area (Å²) >= 11 is 5.46. The van der Waals surface area contributed by atoms with Crippen LogP contribution in [0.4, 0.5) is 0 Å². The van der Waals surface area contributed by atoms with Crippen molar-refractivity contribution in [1.29, 1.82) is 0 Å². The van der Waals surface area contributed by atoms with Crippen molar-refractivity contribution in [2.24, 2.45) is 0 Å². The van der Waals surface area contributed by atoms with Crippen molar-refractivity contribution in [1.82, 2.24) is 9.55 Å². The zero-order chi connectivity index (χ0) is 14.8. The predicted molar refractivity (Wildman–Crippen MR) is 86.8 cm³/mol. The second-order valence-electron chi connectivity index (χ2n) is 5.31. The third-order valence-electron chi connectivity index (χ3n) is 4.07. The lowest BCUT2D eigenvalue weighted by Crippen LogP contribution is -1.99. The average molecular weight is 304 g/mol. The first-order valence-electron chi connectivity index (χ1n) is 7.25. The molecule has 5 heteroatoms. The molecule has 0 saturated heterocycles. The number of benzene rings is 1. The van der Waals surface area contributed by atoms with Crippen molar-refractivity contribution in [2.75, 3.05) is 14.2 Å². The summed E-state index contributed by atoms with van der Waals surface area (Å²) in [5, 5.41) is 0. The summed E-state index contributed by atoms with van der Waals surface area (Å²) in [4.78, 5) is 3.25. The molecule has 0 amide bonds. The number of methoxy groups -OCH3 is 2. The van der Waals surface area contributed by atoms with Crippen molar-refractivity contribution >= 4 is 23.3 Å². The van der Waals surface area contributed by atoms with E-state index in [1.165, 1.54) is 19.3 Å². The first kappa shape index (κ1) is 14.2. The summed E-state index contributed by atoms with van der Waals surface area (Å²) in [6.45, 7) is 0.903. The Morgan fingerprint density at radius 3 is 2.67 bits per heavy atom. The third kappa shape index (κ3) is 2.70. The number of ether oxygens (including phenoxy) is 2. The molecule has 1 aromatic heterocycles. The van der Waals surface area contributed by atoms with Crippen LogP contribution in [0.2, 0.25) is 0 Å². The van der Waals surface area contributed by atoms with E-state index in [1.807, 2.05) is 12.1 Å². The van der Waals surface area contributed by atoms with Crippen LogP contribution >= 0.6 is 12.2 Å². The molecule has 0 saturated carbocycles. The molecule has 0 atom stereocenters. The Labute approximate surface area is 129 Å². The van der Waals surface area contributed by atoms with Crippen LogP contribution in [0, 0.1) is 4.77 Å². The quantitative estimate of drug-likeness (QED) is 0.664. The van der Waals surface area contributed by atoms with Crippen molar-refractivity contribution in [3.63, 3.8) is 0 Å². The van der Waals surface area contributed by atoms with Crippen molar-refractivity contribution in [3.05, 3.63) is 28.6 Å². The smallest absolute Gasteiger partial charge is 0.178 e. The van der Waals surface area contributed by atoms with E-state index >= 15 is 0 Å². The highest BCUT2D eigenvalue weighted by Crippen LogP contribution is 2.32. The van der Waals surface area contributed by atoms with Gasteiger partial charge in [-0.05, 0) is 37.9 Å². The molecule has 1 heterocycles. The molecular formula is C16H20N2O2S. The molecule has 0 bridgehead atoms. The fourth-order valence-electron chi connectivity index (χ4n) is 2.93. The van der Waals surface area contributed by atoms with Gasteiger partial charge in [-0.1, -0.05) is 11.6 Å². The Hall–Kier alpha value is -1.75. The zero-order valence-electron chi connectivity index (χ0n) is 12.4. The molecule has 0 radical (unpaired) electrons. The number of H-pyrrole nitrogens is 1. The van der Waals surface area contributed by atoms with Crippen LogP contribution in [0.15, 0.2) is 23.8 Å². The van der Waals surface area contributed by atoms with Gasteiger partial charge in [-0.25, -0.2) is 0 Å². The molecule has 0 spiro atoms. The molecule has 0 fully saturated rings. The predicted octanol–water partition coefficient (Wildman–Crippen LogP) is 4.22. The van der Waals surface area contributed by atoms with E-state index in [2.05, 4.69) is 15.6 Å². The van der Waals surface area contributed by atoms with Gasteiger partial charge < -0.3 is 19.0 Å².